The van der Waals surface area contributed by atoms with Crippen molar-refractivity contribution in [3.05, 3.63) is 81.5 Å². The van der Waals surface area contributed by atoms with E-state index in [0.717, 1.165) is 16.5 Å². The zero-order valence-corrected chi connectivity index (χ0v) is 14.6. The molecule has 0 amide bonds. The first kappa shape index (κ1) is 17.7. The van der Waals surface area contributed by atoms with Crippen LogP contribution in [0.15, 0.2) is 54.7 Å². The molecule has 3 aromatic rings. The van der Waals surface area contributed by atoms with Gasteiger partial charge in [-0.2, -0.15) is 0 Å². The van der Waals surface area contributed by atoms with Gasteiger partial charge in [-0.05, 0) is 31.0 Å². The van der Waals surface area contributed by atoms with E-state index in [4.69, 9.17) is 4.74 Å². The molecule has 6 nitrogen and oxygen atoms in total. The van der Waals surface area contributed by atoms with Crippen LogP contribution in [-0.4, -0.2) is 28.5 Å². The Morgan fingerprint density at radius 1 is 1.19 bits per heavy atom. The molecule has 0 aliphatic carbocycles. The van der Waals surface area contributed by atoms with E-state index in [9.17, 15) is 14.9 Å². The number of benzene rings is 2. The van der Waals surface area contributed by atoms with Crippen LogP contribution in [0, 0.1) is 17.0 Å². The summed E-state index contributed by atoms with van der Waals surface area (Å²) in [4.78, 5) is 26.8. The number of esters is 1. The molecule has 3 rings (SSSR count). The number of H-pyrrole nitrogens is 1. The molecule has 134 valence electrons. The molecule has 0 spiro atoms. The zero-order valence-electron chi connectivity index (χ0n) is 14.6. The van der Waals surface area contributed by atoms with Crippen molar-refractivity contribution in [2.24, 2.45) is 0 Å². The number of para-hydroxylation sites is 1. The minimum absolute atomic E-state index is 0.0949. The SMILES string of the molecule is CCOC(=O)[C@H]([C@H](c1ccc(C)cc1)c1c[nH]c2ccccc12)[N+](=O)[O-]. The summed E-state index contributed by atoms with van der Waals surface area (Å²) in [6, 6.07) is 13.5. The molecule has 26 heavy (non-hydrogen) atoms. The van der Waals surface area contributed by atoms with Crippen LogP contribution >= 0.6 is 0 Å². The molecular formula is C20H20N2O4. The first-order chi connectivity index (χ1) is 12.5. The molecule has 0 unspecified atom stereocenters. The summed E-state index contributed by atoms with van der Waals surface area (Å²) in [5.74, 6) is -1.57. The second-order valence-electron chi connectivity index (χ2n) is 6.16. The Labute approximate surface area is 150 Å². The minimum Gasteiger partial charge on any atom is -0.461 e. The van der Waals surface area contributed by atoms with E-state index in [1.165, 1.54) is 0 Å². The summed E-state index contributed by atoms with van der Waals surface area (Å²) in [6.07, 6.45) is 1.74. The first-order valence-electron chi connectivity index (χ1n) is 8.45. The van der Waals surface area contributed by atoms with E-state index < -0.39 is 22.9 Å². The average Bonchev–Trinajstić information content (AvgIpc) is 3.04. The molecule has 0 aliphatic rings. The Hall–Kier alpha value is -3.15. The van der Waals surface area contributed by atoms with Gasteiger partial charge in [0, 0.05) is 22.0 Å². The van der Waals surface area contributed by atoms with Gasteiger partial charge in [-0.15, -0.1) is 0 Å². The van der Waals surface area contributed by atoms with E-state index in [0.29, 0.717) is 11.1 Å². The van der Waals surface area contributed by atoms with Crippen LogP contribution < -0.4 is 0 Å². The number of nitrogens with one attached hydrogen (secondary N) is 1. The number of carbonyl (C=O) groups is 1. The third kappa shape index (κ3) is 3.31. The third-order valence-corrected chi connectivity index (χ3v) is 4.46. The topological polar surface area (TPSA) is 85.2 Å². The van der Waals surface area contributed by atoms with Gasteiger partial charge in [0.1, 0.15) is 0 Å². The number of carbonyl (C=O) groups excluding carboxylic acids is 1. The van der Waals surface area contributed by atoms with Crippen molar-refractivity contribution in [2.75, 3.05) is 6.61 Å². The monoisotopic (exact) mass is 352 g/mol. The summed E-state index contributed by atoms with van der Waals surface area (Å²) in [7, 11) is 0. The lowest BCUT2D eigenvalue weighted by Crippen LogP contribution is -2.37. The van der Waals surface area contributed by atoms with Crippen LogP contribution in [0.4, 0.5) is 0 Å². The van der Waals surface area contributed by atoms with Crippen LogP contribution in [-0.2, 0) is 9.53 Å². The Morgan fingerprint density at radius 3 is 2.54 bits per heavy atom. The minimum atomic E-state index is -1.52. The van der Waals surface area contributed by atoms with Crippen molar-refractivity contribution in [1.29, 1.82) is 0 Å². The van der Waals surface area contributed by atoms with Gasteiger partial charge in [0.15, 0.2) is 0 Å². The van der Waals surface area contributed by atoms with Crippen molar-refractivity contribution < 1.29 is 14.5 Å². The lowest BCUT2D eigenvalue weighted by atomic mass is 9.84. The fourth-order valence-corrected chi connectivity index (χ4v) is 3.23. The van der Waals surface area contributed by atoms with Crippen molar-refractivity contribution in [3.8, 4) is 0 Å². The lowest BCUT2D eigenvalue weighted by molar-refractivity contribution is -0.513. The van der Waals surface area contributed by atoms with Crippen molar-refractivity contribution >= 4 is 16.9 Å². The van der Waals surface area contributed by atoms with Crippen LogP contribution in [0.3, 0.4) is 0 Å². The predicted molar refractivity (Wildman–Crippen MR) is 98.7 cm³/mol. The highest BCUT2D eigenvalue weighted by atomic mass is 16.6. The predicted octanol–water partition coefficient (Wildman–Crippen LogP) is 3.82. The Bertz CT molecular complexity index is 930. The maximum Gasteiger partial charge on any atom is 0.382 e. The average molecular weight is 352 g/mol. The summed E-state index contributed by atoms with van der Waals surface area (Å²) in [5, 5.41) is 12.7. The molecule has 0 aliphatic heterocycles. The molecule has 0 saturated heterocycles. The fraction of sp³-hybridized carbons (Fsp3) is 0.250. The normalized spacial score (nSPS) is 13.3. The number of nitrogens with zero attached hydrogens (tertiary/aromatic N) is 1. The van der Waals surface area contributed by atoms with Gasteiger partial charge in [0.05, 0.1) is 12.5 Å². The maximum atomic E-state index is 12.4. The number of fused-ring (bicyclic) bond motifs is 1. The number of rotatable bonds is 6. The van der Waals surface area contributed by atoms with Crippen LogP contribution in [0.5, 0.6) is 0 Å². The van der Waals surface area contributed by atoms with Crippen molar-refractivity contribution in [2.45, 2.75) is 25.8 Å². The number of hydrogen-bond acceptors (Lipinski definition) is 4. The van der Waals surface area contributed by atoms with Crippen LogP contribution in [0.1, 0.15) is 29.5 Å². The lowest BCUT2D eigenvalue weighted by Gasteiger charge is -2.20. The van der Waals surface area contributed by atoms with E-state index in [2.05, 4.69) is 4.98 Å². The highest BCUT2D eigenvalue weighted by Gasteiger charge is 2.43. The Balaban J connectivity index is 2.20. The number of ether oxygens (including phenoxy) is 1. The molecule has 0 bridgehead atoms. The standard InChI is InChI=1S/C20H20N2O4/c1-3-26-20(23)19(22(24)25)18(14-10-8-13(2)9-11-14)16-12-21-17-7-5-4-6-15(16)17/h4-12,18-19,21H,3H2,1-2H3/t18-,19+/m1/s1. The van der Waals surface area contributed by atoms with Gasteiger partial charge in [-0.1, -0.05) is 48.0 Å². The van der Waals surface area contributed by atoms with Gasteiger partial charge in [0.25, 0.3) is 0 Å². The van der Waals surface area contributed by atoms with E-state index in [-0.39, 0.29) is 6.61 Å². The molecule has 2 aromatic carbocycles. The smallest absolute Gasteiger partial charge is 0.382 e. The number of aryl methyl sites for hydroxylation is 1. The number of nitro groups is 1. The Kier molecular flexibility index (Phi) is 5.02. The molecular weight excluding hydrogens is 332 g/mol. The number of hydrogen-bond donors (Lipinski definition) is 1. The summed E-state index contributed by atoms with van der Waals surface area (Å²) >= 11 is 0. The van der Waals surface area contributed by atoms with Gasteiger partial charge < -0.3 is 9.72 Å². The maximum absolute atomic E-state index is 12.4. The fourth-order valence-electron chi connectivity index (χ4n) is 3.23. The van der Waals surface area contributed by atoms with Gasteiger partial charge >= 0.3 is 12.0 Å². The highest BCUT2D eigenvalue weighted by molar-refractivity contribution is 5.86. The van der Waals surface area contributed by atoms with Crippen LogP contribution in [0.25, 0.3) is 10.9 Å². The molecule has 0 radical (unpaired) electrons. The van der Waals surface area contributed by atoms with Gasteiger partial charge in [0.2, 0.25) is 0 Å². The molecule has 2 atom stereocenters. The number of aromatic nitrogens is 1. The largest absolute Gasteiger partial charge is 0.461 e. The highest BCUT2D eigenvalue weighted by Crippen LogP contribution is 2.35. The van der Waals surface area contributed by atoms with E-state index >= 15 is 0 Å². The summed E-state index contributed by atoms with van der Waals surface area (Å²) in [6.45, 7) is 3.68. The van der Waals surface area contributed by atoms with Gasteiger partial charge in [-0.3, -0.25) is 10.1 Å². The second-order valence-corrected chi connectivity index (χ2v) is 6.16. The second kappa shape index (κ2) is 7.39. The molecule has 1 aromatic heterocycles. The molecule has 1 heterocycles. The molecule has 0 saturated carbocycles. The third-order valence-electron chi connectivity index (χ3n) is 4.46. The van der Waals surface area contributed by atoms with Crippen LogP contribution in [0.2, 0.25) is 0 Å². The zero-order chi connectivity index (χ0) is 18.7. The summed E-state index contributed by atoms with van der Waals surface area (Å²) in [5.41, 5.74) is 3.32. The Morgan fingerprint density at radius 2 is 1.88 bits per heavy atom. The van der Waals surface area contributed by atoms with E-state index in [1.807, 2.05) is 55.5 Å². The summed E-state index contributed by atoms with van der Waals surface area (Å²) < 4.78 is 5.01. The van der Waals surface area contributed by atoms with Gasteiger partial charge in [-0.25, -0.2) is 4.79 Å². The van der Waals surface area contributed by atoms with E-state index in [1.54, 1.807) is 13.1 Å². The molecule has 6 heteroatoms. The van der Waals surface area contributed by atoms with Crippen molar-refractivity contribution in [3.63, 3.8) is 0 Å². The first-order valence-corrected chi connectivity index (χ1v) is 8.45. The molecule has 1 N–H and O–H groups in total. The quantitative estimate of drug-likeness (QED) is 0.415. The molecule has 0 fully saturated rings. The van der Waals surface area contributed by atoms with Crippen molar-refractivity contribution in [1.82, 2.24) is 4.98 Å². The number of aromatic amines is 1.